The van der Waals surface area contributed by atoms with Gasteiger partial charge in [-0.05, 0) is 35.9 Å². The molecule has 3 rings (SSSR count). The van der Waals surface area contributed by atoms with Crippen molar-refractivity contribution < 1.29 is 17.6 Å². The number of sulfone groups is 1. The summed E-state index contributed by atoms with van der Waals surface area (Å²) in [5.74, 6) is -0.423. The fourth-order valence-corrected chi connectivity index (χ4v) is 3.21. The summed E-state index contributed by atoms with van der Waals surface area (Å²) in [7, 11) is -3.31. The van der Waals surface area contributed by atoms with Gasteiger partial charge in [0.15, 0.2) is 9.84 Å². The quantitative estimate of drug-likeness (QED) is 0.481. The first kappa shape index (κ1) is 17.6. The average Bonchev–Trinajstić information content (AvgIpc) is 2.92. The van der Waals surface area contributed by atoms with Crippen LogP contribution in [0.4, 0.5) is 9.18 Å². The van der Waals surface area contributed by atoms with Crippen LogP contribution in [0.5, 0.6) is 0 Å². The van der Waals surface area contributed by atoms with Crippen molar-refractivity contribution >= 4 is 33.0 Å². The van der Waals surface area contributed by atoms with E-state index in [1.54, 1.807) is 18.2 Å². The zero-order chi connectivity index (χ0) is 18.9. The minimum absolute atomic E-state index is 0.189. The molecule has 4 N–H and O–H groups in total. The lowest BCUT2D eigenvalue weighted by Crippen LogP contribution is -2.24. The summed E-state index contributed by atoms with van der Waals surface area (Å²) in [5, 5.41) is 4.31. The highest BCUT2D eigenvalue weighted by Gasteiger charge is 2.14. The molecule has 0 spiro atoms. The number of amides is 2. The van der Waals surface area contributed by atoms with Gasteiger partial charge in [-0.15, -0.1) is 0 Å². The number of nitrogens with zero attached hydrogens (tertiary/aromatic N) is 1. The molecule has 0 bridgehead atoms. The first-order valence-electron chi connectivity index (χ1n) is 7.46. The van der Waals surface area contributed by atoms with Crippen molar-refractivity contribution in [3.8, 4) is 11.3 Å². The Bertz CT molecular complexity index is 1120. The number of hydrazone groups is 1. The van der Waals surface area contributed by atoms with Gasteiger partial charge in [0.2, 0.25) is 0 Å². The van der Waals surface area contributed by atoms with E-state index in [1.165, 1.54) is 30.5 Å². The molecule has 3 aromatic rings. The molecule has 0 aliphatic carbocycles. The number of carbonyl (C=O) groups excluding carboxylic acids is 1. The second kappa shape index (κ2) is 6.60. The fourth-order valence-electron chi connectivity index (χ4n) is 2.58. The van der Waals surface area contributed by atoms with Gasteiger partial charge in [0, 0.05) is 22.7 Å². The normalized spacial score (nSPS) is 11.9. The van der Waals surface area contributed by atoms with E-state index in [0.29, 0.717) is 27.7 Å². The Morgan fingerprint density at radius 3 is 2.54 bits per heavy atom. The Labute approximate surface area is 148 Å². The van der Waals surface area contributed by atoms with E-state index in [9.17, 15) is 17.6 Å². The van der Waals surface area contributed by atoms with Gasteiger partial charge in [-0.2, -0.15) is 5.10 Å². The Kier molecular flexibility index (Phi) is 4.47. The highest BCUT2D eigenvalue weighted by Crippen LogP contribution is 2.30. The molecule has 2 amide bonds. The summed E-state index contributed by atoms with van der Waals surface area (Å²) in [4.78, 5) is 14.1. The van der Waals surface area contributed by atoms with Gasteiger partial charge in [-0.1, -0.05) is 12.1 Å². The number of benzene rings is 2. The molecule has 0 unspecified atom stereocenters. The topological polar surface area (TPSA) is 117 Å². The zero-order valence-electron chi connectivity index (χ0n) is 13.7. The number of urea groups is 1. The number of H-pyrrole nitrogens is 1. The van der Waals surface area contributed by atoms with Crippen LogP contribution in [0.2, 0.25) is 0 Å². The molecule has 0 radical (unpaired) electrons. The second-order valence-electron chi connectivity index (χ2n) is 5.63. The zero-order valence-corrected chi connectivity index (χ0v) is 14.5. The van der Waals surface area contributed by atoms with E-state index in [-0.39, 0.29) is 4.90 Å². The summed E-state index contributed by atoms with van der Waals surface area (Å²) >= 11 is 0. The van der Waals surface area contributed by atoms with Crippen LogP contribution in [0.15, 0.2) is 52.5 Å². The highest BCUT2D eigenvalue weighted by atomic mass is 32.2. The molecule has 0 aliphatic rings. The summed E-state index contributed by atoms with van der Waals surface area (Å²) in [6, 6.07) is 9.65. The molecule has 7 nitrogen and oxygen atoms in total. The predicted octanol–water partition coefficient (Wildman–Crippen LogP) is 2.38. The van der Waals surface area contributed by atoms with Crippen LogP contribution in [0.25, 0.3) is 22.2 Å². The van der Waals surface area contributed by atoms with Crippen molar-refractivity contribution in [2.75, 3.05) is 6.26 Å². The lowest BCUT2D eigenvalue weighted by atomic mass is 10.1. The number of rotatable bonds is 4. The maximum atomic E-state index is 13.6. The van der Waals surface area contributed by atoms with Crippen LogP contribution < -0.4 is 11.2 Å². The molecule has 134 valence electrons. The van der Waals surface area contributed by atoms with Crippen LogP contribution in [-0.2, 0) is 9.84 Å². The van der Waals surface area contributed by atoms with Crippen molar-refractivity contribution in [1.29, 1.82) is 0 Å². The van der Waals surface area contributed by atoms with Crippen LogP contribution in [0.1, 0.15) is 5.56 Å². The maximum absolute atomic E-state index is 13.6. The van der Waals surface area contributed by atoms with Crippen molar-refractivity contribution in [3.63, 3.8) is 0 Å². The van der Waals surface area contributed by atoms with Crippen LogP contribution in [0.3, 0.4) is 0 Å². The number of primary amides is 1. The Morgan fingerprint density at radius 1 is 1.23 bits per heavy atom. The van der Waals surface area contributed by atoms with Crippen molar-refractivity contribution in [2.24, 2.45) is 10.8 Å². The minimum atomic E-state index is -3.31. The van der Waals surface area contributed by atoms with Crippen molar-refractivity contribution in [2.45, 2.75) is 4.90 Å². The van der Waals surface area contributed by atoms with Crippen LogP contribution in [0, 0.1) is 5.82 Å². The molecule has 0 saturated heterocycles. The first-order chi connectivity index (χ1) is 12.3. The van der Waals surface area contributed by atoms with E-state index in [4.69, 9.17) is 5.73 Å². The van der Waals surface area contributed by atoms with Gasteiger partial charge < -0.3 is 10.7 Å². The lowest BCUT2D eigenvalue weighted by molar-refractivity contribution is 0.249. The monoisotopic (exact) mass is 374 g/mol. The third-order valence-corrected chi connectivity index (χ3v) is 4.87. The molecule has 2 aromatic carbocycles. The number of halogens is 1. The largest absolute Gasteiger partial charge is 0.354 e. The number of aromatic amines is 1. The van der Waals surface area contributed by atoms with Gasteiger partial charge in [0.05, 0.1) is 16.8 Å². The molecule has 0 saturated carbocycles. The molecule has 1 aromatic heterocycles. The van der Waals surface area contributed by atoms with Crippen LogP contribution >= 0.6 is 0 Å². The molecular formula is C17H15FN4O3S. The fraction of sp³-hybridized carbons (Fsp3) is 0.0588. The third kappa shape index (κ3) is 3.57. The van der Waals surface area contributed by atoms with Gasteiger partial charge in [-0.3, -0.25) is 0 Å². The molecule has 0 aliphatic heterocycles. The Balaban J connectivity index is 2.15. The van der Waals surface area contributed by atoms with Crippen molar-refractivity contribution in [1.82, 2.24) is 10.4 Å². The molecule has 0 atom stereocenters. The summed E-state index contributed by atoms with van der Waals surface area (Å²) in [6.07, 6.45) is 2.48. The van der Waals surface area contributed by atoms with E-state index in [0.717, 1.165) is 6.26 Å². The number of nitrogens with two attached hydrogens (primary N) is 1. The Hall–Kier alpha value is -3.20. The molecule has 26 heavy (non-hydrogen) atoms. The van der Waals surface area contributed by atoms with Gasteiger partial charge >= 0.3 is 6.03 Å². The van der Waals surface area contributed by atoms with E-state index in [2.05, 4.69) is 15.5 Å². The van der Waals surface area contributed by atoms with Gasteiger partial charge in [0.25, 0.3) is 0 Å². The number of nitrogens with one attached hydrogen (secondary N) is 2. The average molecular weight is 374 g/mol. The third-order valence-electron chi connectivity index (χ3n) is 3.74. The number of fused-ring (bicyclic) bond motifs is 1. The Morgan fingerprint density at radius 2 is 1.92 bits per heavy atom. The summed E-state index contributed by atoms with van der Waals surface area (Å²) < 4.78 is 36.9. The van der Waals surface area contributed by atoms with Crippen molar-refractivity contribution in [3.05, 3.63) is 53.8 Å². The number of hydrogen-bond acceptors (Lipinski definition) is 4. The highest BCUT2D eigenvalue weighted by molar-refractivity contribution is 7.90. The van der Waals surface area contributed by atoms with Gasteiger partial charge in [0.1, 0.15) is 5.82 Å². The number of aromatic nitrogens is 1. The first-order valence-corrected chi connectivity index (χ1v) is 9.35. The summed E-state index contributed by atoms with van der Waals surface area (Å²) in [5.41, 5.74) is 9.54. The smallest absolute Gasteiger partial charge is 0.332 e. The van der Waals surface area contributed by atoms with E-state index < -0.39 is 21.7 Å². The molecule has 0 fully saturated rings. The standard InChI is InChI=1S/C17H15FN4O3S/c1-26(24,25)12-5-2-10(3-6-12)16-14(9-20-22-17(19)23)13-8-11(18)4-7-15(13)21-16/h2-9,21H,1H3,(H3,19,22,23)/b20-9+. The predicted molar refractivity (Wildman–Crippen MR) is 97.1 cm³/mol. The van der Waals surface area contributed by atoms with E-state index in [1.807, 2.05) is 0 Å². The van der Waals surface area contributed by atoms with E-state index >= 15 is 0 Å². The molecular weight excluding hydrogens is 359 g/mol. The number of hydrogen-bond donors (Lipinski definition) is 3. The minimum Gasteiger partial charge on any atom is -0.354 e. The van der Waals surface area contributed by atoms with Crippen LogP contribution in [-0.4, -0.2) is 31.9 Å². The van der Waals surface area contributed by atoms with Gasteiger partial charge in [-0.25, -0.2) is 23.0 Å². The lowest BCUT2D eigenvalue weighted by Gasteiger charge is -2.03. The second-order valence-corrected chi connectivity index (χ2v) is 7.65. The molecule has 1 heterocycles. The SMILES string of the molecule is CS(=O)(=O)c1ccc(-c2[nH]c3ccc(F)cc3c2/C=N/NC(N)=O)cc1. The number of carbonyl (C=O) groups is 1. The molecule has 9 heteroatoms. The summed E-state index contributed by atoms with van der Waals surface area (Å²) in [6.45, 7) is 0. The maximum Gasteiger partial charge on any atom is 0.332 e.